The van der Waals surface area contributed by atoms with Crippen LogP contribution in [0.1, 0.15) is 56.5 Å². The minimum absolute atomic E-state index is 0.00400. The van der Waals surface area contributed by atoms with Crippen molar-refractivity contribution in [3.63, 3.8) is 0 Å². The third kappa shape index (κ3) is 3.26. The van der Waals surface area contributed by atoms with Crippen molar-refractivity contribution in [1.82, 2.24) is 4.98 Å². The van der Waals surface area contributed by atoms with Gasteiger partial charge in [-0.1, -0.05) is 38.6 Å². The molecule has 1 heterocycles. The molecule has 0 spiro atoms. The molecule has 8 heteroatoms. The third-order valence-electron chi connectivity index (χ3n) is 3.07. The molecule has 6 radical (unpaired) electrons. The van der Waals surface area contributed by atoms with Crippen molar-refractivity contribution >= 4 is 40.7 Å². The lowest BCUT2D eigenvalue weighted by molar-refractivity contribution is -0.140. The van der Waals surface area contributed by atoms with E-state index in [4.69, 9.17) is 15.5 Å². The van der Waals surface area contributed by atoms with Crippen molar-refractivity contribution in [2.75, 3.05) is 0 Å². The van der Waals surface area contributed by atoms with E-state index in [1.54, 1.807) is 13.8 Å². The van der Waals surface area contributed by atoms with Gasteiger partial charge in [-0.2, -0.15) is 13.2 Å². The average Bonchev–Trinajstić information content (AvgIpc) is 2.34. The molecule has 0 amide bonds. The molecule has 0 bridgehead atoms. The Kier molecular flexibility index (Phi) is 5.45. The number of pyridine rings is 1. The number of aromatic nitrogens is 1. The summed E-state index contributed by atoms with van der Waals surface area (Å²) in [6, 6.07) is 0. The first-order valence-electron chi connectivity index (χ1n) is 6.39. The number of hydrogen-bond donors (Lipinski definition) is 0. The minimum Gasteiger partial charge on any atom is -0.248 e. The molecule has 0 fully saturated rings. The molecule has 100 valence electrons. The van der Waals surface area contributed by atoms with Gasteiger partial charge in [0.15, 0.2) is 0 Å². The molecule has 0 atom stereocenters. The van der Waals surface area contributed by atoms with E-state index in [-0.39, 0.29) is 17.3 Å². The first kappa shape index (κ1) is 17.3. The van der Waals surface area contributed by atoms with E-state index in [1.807, 2.05) is 13.8 Å². The molecule has 20 heavy (non-hydrogen) atoms. The van der Waals surface area contributed by atoms with Gasteiger partial charge in [-0.15, -0.1) is 0 Å². The second kappa shape index (κ2) is 6.31. The Morgan fingerprint density at radius 3 is 1.75 bits per heavy atom. The van der Waals surface area contributed by atoms with Crippen LogP contribution in [0.25, 0.3) is 0 Å². The molecule has 0 aromatic carbocycles. The van der Waals surface area contributed by atoms with Crippen molar-refractivity contribution < 1.29 is 13.2 Å². The summed E-state index contributed by atoms with van der Waals surface area (Å²) in [5.74, 6) is -0.144. The van der Waals surface area contributed by atoms with Crippen LogP contribution in [0.2, 0.25) is 0 Å². The highest BCUT2D eigenvalue weighted by Crippen LogP contribution is 2.30. The Hall–Kier alpha value is -0.800. The summed E-state index contributed by atoms with van der Waals surface area (Å²) in [5.41, 5.74) is 0.299. The van der Waals surface area contributed by atoms with Gasteiger partial charge in [-0.25, -0.2) is 4.98 Å². The van der Waals surface area contributed by atoms with Gasteiger partial charge in [0.1, 0.15) is 5.69 Å². The van der Waals surface area contributed by atoms with E-state index in [0.717, 1.165) is 7.17 Å². The first-order chi connectivity index (χ1) is 9.15. The van der Waals surface area contributed by atoms with E-state index in [0.29, 0.717) is 16.7 Å². The fourth-order valence-corrected chi connectivity index (χ4v) is 2.26. The standard InChI is InChI=1S/C12H14B4F3N/c1-5(2)7-8(15-13)9(16-14)11(12(17,18)19)20-10(7)6(3)4/h5-6H,1-4H3. The summed E-state index contributed by atoms with van der Waals surface area (Å²) in [4.78, 5) is 3.83. The van der Waals surface area contributed by atoms with E-state index < -0.39 is 11.9 Å². The van der Waals surface area contributed by atoms with Crippen LogP contribution in [0, 0.1) is 0 Å². The molecule has 0 saturated heterocycles. The zero-order chi connectivity index (χ0) is 15.7. The van der Waals surface area contributed by atoms with Crippen LogP contribution in [0.5, 0.6) is 0 Å². The molecule has 1 nitrogen and oxygen atoms in total. The first-order valence-corrected chi connectivity index (χ1v) is 6.39. The second-order valence-electron chi connectivity index (χ2n) is 5.23. The Labute approximate surface area is 122 Å². The van der Waals surface area contributed by atoms with Crippen LogP contribution in [0.4, 0.5) is 13.2 Å². The van der Waals surface area contributed by atoms with E-state index in [2.05, 4.69) is 4.98 Å². The maximum Gasteiger partial charge on any atom is 0.432 e. The lowest BCUT2D eigenvalue weighted by Crippen LogP contribution is -2.46. The minimum atomic E-state index is -4.57. The SMILES string of the molecule is [B][B]c1c(C(F)(F)F)nc(C(C)C)c(C(C)C)c1[B][B]. The van der Waals surface area contributed by atoms with Crippen LogP contribution in [0.3, 0.4) is 0 Å². The molecule has 0 unspecified atom stereocenters. The van der Waals surface area contributed by atoms with E-state index in [9.17, 15) is 13.2 Å². The number of alkyl halides is 3. The monoisotopic (exact) mass is 273 g/mol. The van der Waals surface area contributed by atoms with E-state index in [1.165, 1.54) is 7.17 Å². The quantitative estimate of drug-likeness (QED) is 0.750. The summed E-state index contributed by atoms with van der Waals surface area (Å²) in [5, 5.41) is 0. The molecule has 0 aliphatic heterocycles. The van der Waals surface area contributed by atoms with Crippen molar-refractivity contribution in [3.05, 3.63) is 17.0 Å². The zero-order valence-corrected chi connectivity index (χ0v) is 12.0. The summed E-state index contributed by atoms with van der Waals surface area (Å²) in [6.07, 6.45) is -4.57. The Bertz CT molecular complexity index is 487. The Morgan fingerprint density at radius 1 is 0.950 bits per heavy atom. The average molecular weight is 272 g/mol. The van der Waals surface area contributed by atoms with E-state index >= 15 is 0 Å². The molecule has 0 aliphatic carbocycles. The Balaban J connectivity index is 3.79. The summed E-state index contributed by atoms with van der Waals surface area (Å²) < 4.78 is 39.4. The predicted molar refractivity (Wildman–Crippen MR) is 79.7 cm³/mol. The molecule has 1 aromatic heterocycles. The van der Waals surface area contributed by atoms with Crippen molar-refractivity contribution in [1.29, 1.82) is 0 Å². The van der Waals surface area contributed by atoms with Gasteiger partial charge in [-0.05, 0) is 17.4 Å². The summed E-state index contributed by atoms with van der Waals surface area (Å²) >= 11 is 0. The fraction of sp³-hybridized carbons (Fsp3) is 0.583. The normalized spacial score (nSPS) is 12.1. The second-order valence-corrected chi connectivity index (χ2v) is 5.23. The topological polar surface area (TPSA) is 12.9 Å². The summed E-state index contributed by atoms with van der Waals surface area (Å²) in [6.45, 7) is 7.40. The molecule has 0 N–H and O–H groups in total. The molecule has 1 aromatic rings. The maximum atomic E-state index is 13.1. The highest BCUT2D eigenvalue weighted by atomic mass is 19.4. The van der Waals surface area contributed by atoms with Crippen LogP contribution < -0.4 is 10.9 Å². The highest BCUT2D eigenvalue weighted by Gasteiger charge is 2.37. The number of hydrogen-bond acceptors (Lipinski definition) is 1. The Morgan fingerprint density at radius 2 is 1.45 bits per heavy atom. The molecular weight excluding hydrogens is 258 g/mol. The smallest absolute Gasteiger partial charge is 0.248 e. The van der Waals surface area contributed by atoms with Gasteiger partial charge in [0, 0.05) is 21.2 Å². The predicted octanol–water partition coefficient (Wildman–Crippen LogP) is 1.17. The molecular formula is C12H14B4F3N. The molecule has 0 saturated carbocycles. The fourth-order valence-electron chi connectivity index (χ4n) is 2.26. The van der Waals surface area contributed by atoms with Crippen molar-refractivity contribution in [2.45, 2.75) is 45.7 Å². The van der Waals surface area contributed by atoms with Crippen LogP contribution in [0.15, 0.2) is 0 Å². The largest absolute Gasteiger partial charge is 0.432 e. The van der Waals surface area contributed by atoms with Gasteiger partial charge < -0.3 is 0 Å². The van der Waals surface area contributed by atoms with Gasteiger partial charge in [0.25, 0.3) is 0 Å². The third-order valence-corrected chi connectivity index (χ3v) is 3.07. The lowest BCUT2D eigenvalue weighted by Gasteiger charge is -2.25. The lowest BCUT2D eigenvalue weighted by atomic mass is 9.40. The van der Waals surface area contributed by atoms with Gasteiger partial charge >= 0.3 is 6.18 Å². The van der Waals surface area contributed by atoms with Gasteiger partial charge in [0.2, 0.25) is 0 Å². The van der Waals surface area contributed by atoms with Gasteiger partial charge in [-0.3, -0.25) is 0 Å². The molecule has 0 aliphatic rings. The van der Waals surface area contributed by atoms with Crippen LogP contribution >= 0.6 is 0 Å². The molecule has 1 rings (SSSR count). The van der Waals surface area contributed by atoms with Crippen molar-refractivity contribution in [2.24, 2.45) is 0 Å². The van der Waals surface area contributed by atoms with Gasteiger partial charge in [0.05, 0.1) is 14.3 Å². The number of rotatable bonds is 4. The number of halogens is 3. The number of nitrogens with zero attached hydrogens (tertiary/aromatic N) is 1. The maximum absolute atomic E-state index is 13.1. The summed E-state index contributed by atoms with van der Waals surface area (Å²) in [7, 11) is 13.0. The zero-order valence-electron chi connectivity index (χ0n) is 12.0. The van der Waals surface area contributed by atoms with Crippen LogP contribution in [-0.2, 0) is 6.18 Å². The highest BCUT2D eigenvalue weighted by molar-refractivity contribution is 7.04. The van der Waals surface area contributed by atoms with Crippen LogP contribution in [-0.4, -0.2) is 34.8 Å². The van der Waals surface area contributed by atoms with Crippen molar-refractivity contribution in [3.8, 4) is 0 Å².